The summed E-state index contributed by atoms with van der Waals surface area (Å²) < 4.78 is 12.1. The molecule has 0 unspecified atom stereocenters. The summed E-state index contributed by atoms with van der Waals surface area (Å²) in [7, 11) is 0. The first-order chi connectivity index (χ1) is 11.3. The fraction of sp³-hybridized carbons (Fsp3) is 0.111. The van der Waals surface area contributed by atoms with Gasteiger partial charge in [-0.05, 0) is 31.2 Å². The molecule has 2 aromatic carbocycles. The van der Waals surface area contributed by atoms with Crippen molar-refractivity contribution in [1.82, 2.24) is 4.98 Å². The smallest absolute Gasteiger partial charge is 0.202 e. The van der Waals surface area contributed by atoms with Crippen LogP contribution in [0.4, 0.5) is 0 Å². The standard InChI is InChI=1S/C18H13NO3S/c1-2-21-11-7-8-12-15(9-11)22-10-13(17(12)20)18-19-14-5-3-4-6-16(14)23-18/h3-10H,2H2,1H3. The van der Waals surface area contributed by atoms with Gasteiger partial charge < -0.3 is 9.15 Å². The number of para-hydroxylation sites is 1. The van der Waals surface area contributed by atoms with Crippen LogP contribution in [-0.4, -0.2) is 11.6 Å². The maximum absolute atomic E-state index is 12.7. The van der Waals surface area contributed by atoms with E-state index in [1.165, 1.54) is 17.6 Å². The Bertz CT molecular complexity index is 1030. The monoisotopic (exact) mass is 323 g/mol. The van der Waals surface area contributed by atoms with E-state index in [4.69, 9.17) is 9.15 Å². The fourth-order valence-corrected chi connectivity index (χ4v) is 3.47. The summed E-state index contributed by atoms with van der Waals surface area (Å²) in [6, 6.07) is 13.1. The minimum absolute atomic E-state index is 0.0756. The Hall–Kier alpha value is -2.66. The summed E-state index contributed by atoms with van der Waals surface area (Å²) in [4.78, 5) is 17.3. The molecular formula is C18H13NO3S. The van der Waals surface area contributed by atoms with Crippen LogP contribution in [0.5, 0.6) is 5.75 Å². The van der Waals surface area contributed by atoms with Crippen LogP contribution in [0.2, 0.25) is 0 Å². The lowest BCUT2D eigenvalue weighted by molar-refractivity contribution is 0.340. The highest BCUT2D eigenvalue weighted by Gasteiger charge is 2.13. The number of ether oxygens (including phenoxy) is 1. The molecule has 4 nitrogen and oxygen atoms in total. The lowest BCUT2D eigenvalue weighted by Gasteiger charge is -2.04. The van der Waals surface area contributed by atoms with Crippen LogP contribution in [0.1, 0.15) is 6.92 Å². The van der Waals surface area contributed by atoms with E-state index < -0.39 is 0 Å². The molecule has 2 aromatic heterocycles. The first-order valence-electron chi connectivity index (χ1n) is 7.30. The highest BCUT2D eigenvalue weighted by Crippen LogP contribution is 2.29. The van der Waals surface area contributed by atoms with Gasteiger partial charge in [0.05, 0.1) is 27.8 Å². The van der Waals surface area contributed by atoms with Crippen LogP contribution >= 0.6 is 11.3 Å². The van der Waals surface area contributed by atoms with Crippen molar-refractivity contribution in [2.45, 2.75) is 6.92 Å². The van der Waals surface area contributed by atoms with Crippen LogP contribution in [0.25, 0.3) is 31.8 Å². The van der Waals surface area contributed by atoms with Gasteiger partial charge in [0.25, 0.3) is 0 Å². The maximum Gasteiger partial charge on any atom is 0.202 e. The van der Waals surface area contributed by atoms with Crippen molar-refractivity contribution in [1.29, 1.82) is 0 Å². The molecule has 0 aliphatic carbocycles. The number of benzene rings is 2. The molecule has 4 aromatic rings. The second-order valence-electron chi connectivity index (χ2n) is 5.06. The summed E-state index contributed by atoms with van der Waals surface area (Å²) in [6.07, 6.45) is 1.48. The molecule has 0 spiro atoms. The van der Waals surface area contributed by atoms with Crippen molar-refractivity contribution in [3.63, 3.8) is 0 Å². The molecule has 0 amide bonds. The molecule has 0 aliphatic rings. The van der Waals surface area contributed by atoms with E-state index >= 15 is 0 Å². The van der Waals surface area contributed by atoms with Gasteiger partial charge in [0.15, 0.2) is 0 Å². The zero-order chi connectivity index (χ0) is 15.8. The number of rotatable bonds is 3. The molecule has 0 radical (unpaired) electrons. The summed E-state index contributed by atoms with van der Waals surface area (Å²) in [6.45, 7) is 2.48. The third kappa shape index (κ3) is 2.39. The zero-order valence-electron chi connectivity index (χ0n) is 12.4. The van der Waals surface area contributed by atoms with Crippen LogP contribution in [-0.2, 0) is 0 Å². The van der Waals surface area contributed by atoms with E-state index in [9.17, 15) is 4.79 Å². The molecule has 0 saturated carbocycles. The lowest BCUT2D eigenvalue weighted by atomic mass is 10.1. The summed E-state index contributed by atoms with van der Waals surface area (Å²) in [5.74, 6) is 0.691. The van der Waals surface area contributed by atoms with Crippen LogP contribution in [0, 0.1) is 0 Å². The molecule has 2 heterocycles. The fourth-order valence-electron chi connectivity index (χ4n) is 2.50. The number of fused-ring (bicyclic) bond motifs is 2. The van der Waals surface area contributed by atoms with Gasteiger partial charge in [-0.3, -0.25) is 4.79 Å². The molecule has 5 heteroatoms. The number of hydrogen-bond acceptors (Lipinski definition) is 5. The molecule has 0 atom stereocenters. The average molecular weight is 323 g/mol. The molecule has 0 bridgehead atoms. The summed E-state index contributed by atoms with van der Waals surface area (Å²) in [5, 5.41) is 1.21. The molecule has 0 saturated heterocycles. The van der Waals surface area contributed by atoms with Gasteiger partial charge in [0.1, 0.15) is 22.6 Å². The molecule has 114 valence electrons. The minimum atomic E-state index is -0.0756. The van der Waals surface area contributed by atoms with Gasteiger partial charge in [-0.1, -0.05) is 12.1 Å². The van der Waals surface area contributed by atoms with Gasteiger partial charge >= 0.3 is 0 Å². The van der Waals surface area contributed by atoms with Gasteiger partial charge in [-0.15, -0.1) is 11.3 Å². The second kappa shape index (κ2) is 5.52. The number of thiazole rings is 1. The Kier molecular flexibility index (Phi) is 3.35. The predicted molar refractivity (Wildman–Crippen MR) is 92.3 cm³/mol. The second-order valence-corrected chi connectivity index (χ2v) is 6.09. The van der Waals surface area contributed by atoms with Crippen LogP contribution in [0.15, 0.2) is 57.9 Å². The van der Waals surface area contributed by atoms with Crippen molar-refractivity contribution in [3.05, 3.63) is 59.0 Å². The average Bonchev–Trinajstić information content (AvgIpc) is 2.99. The van der Waals surface area contributed by atoms with E-state index in [-0.39, 0.29) is 5.43 Å². The van der Waals surface area contributed by atoms with Gasteiger partial charge in [0, 0.05) is 6.07 Å². The molecule has 0 aliphatic heterocycles. The normalized spacial score (nSPS) is 11.2. The topological polar surface area (TPSA) is 52.3 Å². The van der Waals surface area contributed by atoms with Crippen molar-refractivity contribution in [3.8, 4) is 16.3 Å². The van der Waals surface area contributed by atoms with Crippen LogP contribution in [0.3, 0.4) is 0 Å². The number of nitrogens with zero attached hydrogens (tertiary/aromatic N) is 1. The SMILES string of the molecule is CCOc1ccc2c(=O)c(-c3nc4ccccc4s3)coc2c1. The lowest BCUT2D eigenvalue weighted by Crippen LogP contribution is -2.04. The van der Waals surface area contributed by atoms with Crippen molar-refractivity contribution < 1.29 is 9.15 Å². The number of aromatic nitrogens is 1. The molecule has 0 fully saturated rings. The zero-order valence-corrected chi connectivity index (χ0v) is 13.2. The van der Waals surface area contributed by atoms with E-state index in [1.54, 1.807) is 18.2 Å². The molecular weight excluding hydrogens is 310 g/mol. The third-order valence-corrected chi connectivity index (χ3v) is 4.65. The first-order valence-corrected chi connectivity index (χ1v) is 8.12. The highest BCUT2D eigenvalue weighted by molar-refractivity contribution is 7.21. The van der Waals surface area contributed by atoms with Gasteiger partial charge in [-0.2, -0.15) is 0 Å². The van der Waals surface area contributed by atoms with E-state index in [1.807, 2.05) is 31.2 Å². The summed E-state index contributed by atoms with van der Waals surface area (Å²) >= 11 is 1.49. The van der Waals surface area contributed by atoms with Crippen molar-refractivity contribution in [2.24, 2.45) is 0 Å². The van der Waals surface area contributed by atoms with E-state index in [0.29, 0.717) is 33.9 Å². The Balaban J connectivity index is 1.89. The Morgan fingerprint density at radius 2 is 2.09 bits per heavy atom. The van der Waals surface area contributed by atoms with Crippen molar-refractivity contribution in [2.75, 3.05) is 6.61 Å². The maximum atomic E-state index is 12.7. The molecule has 0 N–H and O–H groups in total. The minimum Gasteiger partial charge on any atom is -0.494 e. The van der Waals surface area contributed by atoms with Gasteiger partial charge in [-0.25, -0.2) is 4.98 Å². The Morgan fingerprint density at radius 1 is 1.22 bits per heavy atom. The Morgan fingerprint density at radius 3 is 2.91 bits per heavy atom. The predicted octanol–water partition coefficient (Wildman–Crippen LogP) is 4.47. The Labute approximate surface area is 136 Å². The van der Waals surface area contributed by atoms with Crippen molar-refractivity contribution >= 4 is 32.5 Å². The number of hydrogen-bond donors (Lipinski definition) is 0. The van der Waals surface area contributed by atoms with E-state index in [0.717, 1.165) is 10.2 Å². The quantitative estimate of drug-likeness (QED) is 0.558. The van der Waals surface area contributed by atoms with Crippen LogP contribution < -0.4 is 10.2 Å². The highest BCUT2D eigenvalue weighted by atomic mass is 32.1. The van der Waals surface area contributed by atoms with Gasteiger partial charge in [0.2, 0.25) is 5.43 Å². The summed E-state index contributed by atoms with van der Waals surface area (Å²) in [5.41, 5.74) is 1.82. The largest absolute Gasteiger partial charge is 0.494 e. The molecule has 23 heavy (non-hydrogen) atoms. The third-order valence-electron chi connectivity index (χ3n) is 3.58. The first kappa shape index (κ1) is 14.0. The van der Waals surface area contributed by atoms with E-state index in [2.05, 4.69) is 4.98 Å². The molecule has 4 rings (SSSR count).